The van der Waals surface area contributed by atoms with Crippen LogP contribution in [0.5, 0.6) is 0 Å². The Hall–Kier alpha value is -3.42. The number of aromatic amines is 1. The van der Waals surface area contributed by atoms with Gasteiger partial charge in [0.2, 0.25) is 17.8 Å². The zero-order valence-corrected chi connectivity index (χ0v) is 16.3. The Labute approximate surface area is 168 Å². The summed E-state index contributed by atoms with van der Waals surface area (Å²) in [6, 6.07) is 7.17. The highest BCUT2D eigenvalue weighted by atomic mass is 16.2. The van der Waals surface area contributed by atoms with Crippen LogP contribution in [0.1, 0.15) is 25.3 Å². The molecule has 150 valence electrons. The lowest BCUT2D eigenvalue weighted by molar-refractivity contribution is -0.125. The van der Waals surface area contributed by atoms with Crippen LogP contribution in [0, 0.1) is 0 Å². The van der Waals surface area contributed by atoms with Gasteiger partial charge in [-0.25, -0.2) is 9.97 Å². The molecular weight excluding hydrogens is 368 g/mol. The molecule has 4 rings (SSSR count). The maximum absolute atomic E-state index is 12.8. The number of carbonyl (C=O) groups is 2. The number of hydrogen-bond acceptors (Lipinski definition) is 5. The van der Waals surface area contributed by atoms with Gasteiger partial charge in [0.05, 0.1) is 18.1 Å². The third-order valence-corrected chi connectivity index (χ3v) is 5.09. The Balaban J connectivity index is 1.47. The fourth-order valence-corrected chi connectivity index (χ4v) is 3.67. The lowest BCUT2D eigenvalue weighted by Gasteiger charge is -2.18. The van der Waals surface area contributed by atoms with Gasteiger partial charge in [-0.3, -0.25) is 9.59 Å². The summed E-state index contributed by atoms with van der Waals surface area (Å²) < 4.78 is 0. The van der Waals surface area contributed by atoms with E-state index in [4.69, 9.17) is 0 Å². The molecule has 0 saturated carbocycles. The molecule has 8 heteroatoms. The summed E-state index contributed by atoms with van der Waals surface area (Å²) in [6.07, 6.45) is 7.76. The number of anilines is 2. The van der Waals surface area contributed by atoms with Crippen molar-refractivity contribution in [3.05, 3.63) is 48.4 Å². The van der Waals surface area contributed by atoms with Gasteiger partial charge in [-0.2, -0.15) is 0 Å². The molecule has 1 atom stereocenters. The summed E-state index contributed by atoms with van der Waals surface area (Å²) in [4.78, 5) is 38.6. The van der Waals surface area contributed by atoms with Crippen LogP contribution in [0.2, 0.25) is 0 Å². The third kappa shape index (κ3) is 4.37. The number of rotatable bonds is 6. The van der Waals surface area contributed by atoms with E-state index < -0.39 is 6.04 Å². The fraction of sp³-hybridized carbons (Fsp3) is 0.333. The first kappa shape index (κ1) is 18.9. The Morgan fingerprint density at radius 3 is 2.62 bits per heavy atom. The van der Waals surface area contributed by atoms with Gasteiger partial charge in [0.15, 0.2) is 0 Å². The highest BCUT2D eigenvalue weighted by molar-refractivity contribution is 5.97. The minimum atomic E-state index is -0.704. The van der Waals surface area contributed by atoms with Crippen molar-refractivity contribution in [2.45, 2.75) is 32.2 Å². The average Bonchev–Trinajstić information content (AvgIpc) is 3.38. The smallest absolute Gasteiger partial charge is 0.247 e. The molecule has 2 aromatic heterocycles. The van der Waals surface area contributed by atoms with Crippen LogP contribution in [0.15, 0.2) is 42.9 Å². The average molecular weight is 392 g/mol. The Morgan fingerprint density at radius 2 is 1.90 bits per heavy atom. The van der Waals surface area contributed by atoms with Crippen LogP contribution < -0.4 is 15.5 Å². The topological polar surface area (TPSA) is 103 Å². The molecule has 8 nitrogen and oxygen atoms in total. The fourth-order valence-electron chi connectivity index (χ4n) is 3.67. The number of fused-ring (bicyclic) bond motifs is 1. The lowest BCUT2D eigenvalue weighted by atomic mass is 10.0. The molecule has 1 fully saturated rings. The second kappa shape index (κ2) is 8.30. The summed E-state index contributed by atoms with van der Waals surface area (Å²) in [5, 5.41) is 6.60. The Morgan fingerprint density at radius 1 is 1.17 bits per heavy atom. The largest absolute Gasteiger partial charge is 0.361 e. The van der Waals surface area contributed by atoms with Crippen LogP contribution in [0.25, 0.3) is 10.9 Å². The van der Waals surface area contributed by atoms with E-state index >= 15 is 0 Å². The van der Waals surface area contributed by atoms with Gasteiger partial charge >= 0.3 is 0 Å². The van der Waals surface area contributed by atoms with Crippen molar-refractivity contribution in [1.82, 2.24) is 20.3 Å². The predicted octanol–water partition coefficient (Wildman–Crippen LogP) is 2.24. The maximum Gasteiger partial charge on any atom is 0.247 e. The molecule has 3 heterocycles. The van der Waals surface area contributed by atoms with Crippen LogP contribution in [0.3, 0.4) is 0 Å². The summed E-state index contributed by atoms with van der Waals surface area (Å²) in [7, 11) is 0. The molecule has 1 unspecified atom stereocenters. The van der Waals surface area contributed by atoms with Gasteiger partial charge in [-0.15, -0.1) is 0 Å². The van der Waals surface area contributed by atoms with Gasteiger partial charge in [-0.05, 0) is 24.5 Å². The van der Waals surface area contributed by atoms with Gasteiger partial charge < -0.3 is 20.5 Å². The lowest BCUT2D eigenvalue weighted by Crippen LogP contribution is -2.44. The molecule has 0 aliphatic carbocycles. The van der Waals surface area contributed by atoms with E-state index in [-0.39, 0.29) is 11.8 Å². The molecule has 1 aliphatic rings. The summed E-state index contributed by atoms with van der Waals surface area (Å²) in [5.41, 5.74) is 2.47. The second-order valence-corrected chi connectivity index (χ2v) is 7.27. The molecule has 0 radical (unpaired) electrons. The Bertz CT molecular complexity index is 1010. The van der Waals surface area contributed by atoms with Gasteiger partial charge in [-0.1, -0.05) is 18.2 Å². The van der Waals surface area contributed by atoms with Crippen molar-refractivity contribution >= 4 is 34.4 Å². The monoisotopic (exact) mass is 392 g/mol. The minimum Gasteiger partial charge on any atom is -0.361 e. The first-order chi connectivity index (χ1) is 14.1. The highest BCUT2D eigenvalue weighted by Gasteiger charge is 2.22. The second-order valence-electron chi connectivity index (χ2n) is 7.27. The maximum atomic E-state index is 12.8. The molecule has 29 heavy (non-hydrogen) atoms. The van der Waals surface area contributed by atoms with E-state index in [1.807, 2.05) is 30.5 Å². The van der Waals surface area contributed by atoms with E-state index in [2.05, 4.69) is 30.5 Å². The molecule has 3 aromatic rings. The quantitative estimate of drug-likeness (QED) is 0.597. The minimum absolute atomic E-state index is 0.259. The molecular formula is C21H24N6O2. The van der Waals surface area contributed by atoms with Crippen molar-refractivity contribution in [2.75, 3.05) is 23.3 Å². The highest BCUT2D eigenvalue weighted by Crippen LogP contribution is 2.20. The van der Waals surface area contributed by atoms with Crippen molar-refractivity contribution < 1.29 is 9.59 Å². The molecule has 0 bridgehead atoms. The number of para-hydroxylation sites is 1. The summed E-state index contributed by atoms with van der Waals surface area (Å²) >= 11 is 0. The van der Waals surface area contributed by atoms with Gasteiger partial charge in [0.1, 0.15) is 6.04 Å². The van der Waals surface area contributed by atoms with Crippen LogP contribution in [0.4, 0.5) is 11.6 Å². The number of amides is 2. The summed E-state index contributed by atoms with van der Waals surface area (Å²) in [6.45, 7) is 3.32. The van der Waals surface area contributed by atoms with E-state index in [1.165, 1.54) is 6.92 Å². The SMILES string of the molecule is CC(=O)NC(Cc1c[nH]c2ccccc12)C(=O)Nc1cnc(N2CCCC2)nc1. The van der Waals surface area contributed by atoms with Gasteiger partial charge in [0, 0.05) is 43.5 Å². The first-order valence-corrected chi connectivity index (χ1v) is 9.80. The van der Waals surface area contributed by atoms with Crippen molar-refractivity contribution in [3.8, 4) is 0 Å². The first-order valence-electron chi connectivity index (χ1n) is 9.80. The molecule has 3 N–H and O–H groups in total. The van der Waals surface area contributed by atoms with E-state index in [0.29, 0.717) is 18.1 Å². The molecule has 0 spiro atoms. The number of hydrogen-bond donors (Lipinski definition) is 3. The number of H-pyrrole nitrogens is 1. The van der Waals surface area contributed by atoms with Gasteiger partial charge in [0.25, 0.3) is 0 Å². The summed E-state index contributed by atoms with van der Waals surface area (Å²) in [5.74, 6) is 0.117. The third-order valence-electron chi connectivity index (χ3n) is 5.09. The van der Waals surface area contributed by atoms with Crippen molar-refractivity contribution in [3.63, 3.8) is 0 Å². The number of nitrogens with one attached hydrogen (secondary N) is 3. The molecule has 1 saturated heterocycles. The molecule has 2 amide bonds. The van der Waals surface area contributed by atoms with Crippen LogP contribution >= 0.6 is 0 Å². The number of aromatic nitrogens is 3. The van der Waals surface area contributed by atoms with Crippen LogP contribution in [-0.2, 0) is 16.0 Å². The zero-order valence-electron chi connectivity index (χ0n) is 16.3. The van der Waals surface area contributed by atoms with Crippen molar-refractivity contribution in [2.24, 2.45) is 0 Å². The standard InChI is InChI=1S/C21H24N6O2/c1-14(28)25-19(10-15-11-22-18-7-3-2-6-17(15)18)20(29)26-16-12-23-21(24-13-16)27-8-4-5-9-27/h2-3,6-7,11-13,19,22H,4-5,8-10H2,1H3,(H,25,28)(H,26,29). The molecule has 1 aromatic carbocycles. The zero-order chi connectivity index (χ0) is 20.2. The number of carbonyl (C=O) groups excluding carboxylic acids is 2. The number of nitrogens with zero attached hydrogens (tertiary/aromatic N) is 3. The Kier molecular flexibility index (Phi) is 5.41. The van der Waals surface area contributed by atoms with Crippen molar-refractivity contribution in [1.29, 1.82) is 0 Å². The van der Waals surface area contributed by atoms with E-state index in [9.17, 15) is 9.59 Å². The van der Waals surface area contributed by atoms with E-state index in [1.54, 1.807) is 12.4 Å². The normalized spacial score (nSPS) is 14.7. The molecule has 1 aliphatic heterocycles. The van der Waals surface area contributed by atoms with E-state index in [0.717, 1.165) is 42.4 Å². The predicted molar refractivity (Wildman–Crippen MR) is 112 cm³/mol. The van der Waals surface area contributed by atoms with Crippen LogP contribution in [-0.4, -0.2) is 45.9 Å². The number of benzene rings is 1.